The first-order valence-electron chi connectivity index (χ1n) is 7.96. The summed E-state index contributed by atoms with van der Waals surface area (Å²) in [6, 6.07) is 10.3. The van der Waals surface area contributed by atoms with E-state index in [1.165, 1.54) is 5.19 Å². The monoisotopic (exact) mass is 495 g/mol. The molecule has 0 unspecified atom stereocenters. The molecule has 0 amide bonds. The van der Waals surface area contributed by atoms with Crippen LogP contribution in [0, 0.1) is 12.2 Å². The molecule has 0 N–H and O–H groups in total. The van der Waals surface area contributed by atoms with E-state index in [1.807, 2.05) is 52.7 Å². The molecule has 0 spiro atoms. The Hall–Kier alpha value is -0.700. The molecule has 0 atom stereocenters. The van der Waals surface area contributed by atoms with Gasteiger partial charge in [0.15, 0.2) is 0 Å². The Morgan fingerprint density at radius 1 is 0.889 bits per heavy atom. The molecule has 0 aromatic heterocycles. The van der Waals surface area contributed by atoms with Crippen molar-refractivity contribution in [1.82, 2.24) is 0 Å². The fourth-order valence-corrected chi connectivity index (χ4v) is 1.69. The van der Waals surface area contributed by atoms with Crippen molar-refractivity contribution in [2.45, 2.75) is 12.8 Å². The molecule has 5 heteroatoms. The second kappa shape index (κ2) is 30.0. The number of benzene rings is 1. The molecule has 1 aromatic carbocycles. The first-order valence-corrected chi connectivity index (χ1v) is 8.67. The first kappa shape index (κ1) is 33.9. The molecule has 3 rings (SSSR count). The fourth-order valence-electron chi connectivity index (χ4n) is 1.42. The Morgan fingerprint density at radius 3 is 1.52 bits per heavy atom. The van der Waals surface area contributed by atoms with Gasteiger partial charge in [-0.25, -0.2) is 24.3 Å². The Kier molecular flexibility index (Phi) is 37.7. The first-order chi connectivity index (χ1) is 11.8. The zero-order valence-corrected chi connectivity index (χ0v) is 21.2. The minimum Gasteiger partial charge on any atom is -0.656 e. The number of halogens is 2. The maximum atomic E-state index is 3.97. The standard InChI is InChI=1S/C6H10N.C6H7Si.2C5H5.2ClH.Zr/c1-3-5-7-6-4-2;7-6-4-2-1-3-5-6;2*1-2-4-5-3-1;;;/h3-4H,1-2,5-6H2;1-5H,7H2;2*1-3H,4H2;2*1H;/q-1;;2*-1;;;+3. The fraction of sp³-hybridized carbons (Fsp3) is 0.182. The summed E-state index contributed by atoms with van der Waals surface area (Å²) in [6.45, 7) is 8.49. The van der Waals surface area contributed by atoms with Crippen LogP contribution in [-0.2, 0) is 26.2 Å². The van der Waals surface area contributed by atoms with Crippen molar-refractivity contribution < 1.29 is 26.2 Å². The average molecular weight is 498 g/mol. The van der Waals surface area contributed by atoms with Gasteiger partial charge in [0.2, 0.25) is 0 Å². The maximum Gasteiger partial charge on any atom is 3.00 e. The average Bonchev–Trinajstić information content (AvgIpc) is 3.35. The van der Waals surface area contributed by atoms with Gasteiger partial charge in [0, 0.05) is 10.2 Å². The zero-order valence-electron chi connectivity index (χ0n) is 15.7. The molecule has 0 saturated heterocycles. The Labute approximate surface area is 200 Å². The molecular weight excluding hydrogens is 468 g/mol. The van der Waals surface area contributed by atoms with Gasteiger partial charge in [-0.1, -0.05) is 35.5 Å². The number of allylic oxidation sites excluding steroid dienone is 8. The van der Waals surface area contributed by atoms with Crippen LogP contribution >= 0.6 is 24.8 Å². The van der Waals surface area contributed by atoms with E-state index in [-0.39, 0.29) is 51.0 Å². The second-order valence-electron chi connectivity index (χ2n) is 4.66. The molecular formula is C22H29Cl2NSiZr. The molecule has 1 aromatic rings. The SMILES string of the molecule is C=CC[N-]CC=C.Cl.Cl.[C-]1=CC=CC1.[C-]1=CC=CC1.[SiH2]c1ccccc1.[Zr+3]. The van der Waals surface area contributed by atoms with Crippen LogP contribution in [-0.4, -0.2) is 23.3 Å². The third-order valence-electron chi connectivity index (χ3n) is 2.53. The van der Waals surface area contributed by atoms with Crippen molar-refractivity contribution in [3.63, 3.8) is 0 Å². The van der Waals surface area contributed by atoms with E-state index in [0.29, 0.717) is 0 Å². The summed E-state index contributed by atoms with van der Waals surface area (Å²) in [5.74, 6) is 0. The normalized spacial score (nSPS) is 10.9. The predicted molar refractivity (Wildman–Crippen MR) is 126 cm³/mol. The molecule has 0 heterocycles. The maximum absolute atomic E-state index is 3.97. The molecule has 0 bridgehead atoms. The van der Waals surface area contributed by atoms with E-state index in [0.717, 1.165) is 25.9 Å². The molecule has 2 aliphatic carbocycles. The predicted octanol–water partition coefficient (Wildman–Crippen LogP) is 5.13. The summed E-state index contributed by atoms with van der Waals surface area (Å²) >= 11 is 0. The van der Waals surface area contributed by atoms with E-state index in [9.17, 15) is 0 Å². The van der Waals surface area contributed by atoms with Crippen LogP contribution in [0.5, 0.6) is 0 Å². The van der Waals surface area contributed by atoms with E-state index in [2.05, 4.69) is 54.9 Å². The number of nitrogens with zero attached hydrogens (tertiary/aromatic N) is 1. The second-order valence-corrected chi connectivity index (χ2v) is 5.47. The van der Waals surface area contributed by atoms with Gasteiger partial charge in [0.1, 0.15) is 0 Å². The van der Waals surface area contributed by atoms with Crippen LogP contribution < -0.4 is 5.19 Å². The van der Waals surface area contributed by atoms with Gasteiger partial charge in [0.05, 0.1) is 0 Å². The molecule has 0 fully saturated rings. The molecule has 2 aliphatic rings. The summed E-state index contributed by atoms with van der Waals surface area (Å²) in [4.78, 5) is 0. The third kappa shape index (κ3) is 30.3. The third-order valence-corrected chi connectivity index (χ3v) is 3.00. The Bertz CT molecular complexity index is 491. The topological polar surface area (TPSA) is 14.1 Å². The van der Waals surface area contributed by atoms with Gasteiger partial charge in [0.25, 0.3) is 0 Å². The van der Waals surface area contributed by atoms with Crippen LogP contribution in [0.2, 0.25) is 0 Å². The number of hydrogen-bond donors (Lipinski definition) is 0. The molecule has 2 radical (unpaired) electrons. The molecule has 0 aliphatic heterocycles. The summed E-state index contributed by atoms with van der Waals surface area (Å²) < 4.78 is 0. The van der Waals surface area contributed by atoms with Crippen LogP contribution in [0.3, 0.4) is 0 Å². The summed E-state index contributed by atoms with van der Waals surface area (Å²) in [5.41, 5.74) is 0. The van der Waals surface area contributed by atoms with Gasteiger partial charge < -0.3 is 5.32 Å². The van der Waals surface area contributed by atoms with Crippen LogP contribution in [0.25, 0.3) is 5.32 Å². The zero-order chi connectivity index (χ0) is 17.7. The van der Waals surface area contributed by atoms with Crippen molar-refractivity contribution >= 4 is 40.2 Å². The van der Waals surface area contributed by atoms with E-state index in [1.54, 1.807) is 12.2 Å². The van der Waals surface area contributed by atoms with Crippen LogP contribution in [0.15, 0.2) is 92.1 Å². The van der Waals surface area contributed by atoms with Gasteiger partial charge >= 0.3 is 26.2 Å². The molecule has 0 saturated carbocycles. The van der Waals surface area contributed by atoms with Crippen molar-refractivity contribution in [2.75, 3.05) is 13.1 Å². The molecule has 144 valence electrons. The van der Waals surface area contributed by atoms with Gasteiger partial charge in [-0.2, -0.15) is 12.2 Å². The van der Waals surface area contributed by atoms with Gasteiger partial charge in [-0.15, -0.1) is 76.1 Å². The van der Waals surface area contributed by atoms with Crippen molar-refractivity contribution in [1.29, 1.82) is 0 Å². The van der Waals surface area contributed by atoms with Crippen molar-refractivity contribution in [2.24, 2.45) is 0 Å². The summed E-state index contributed by atoms with van der Waals surface area (Å²) in [5, 5.41) is 5.32. The summed E-state index contributed by atoms with van der Waals surface area (Å²) in [6.07, 6.45) is 23.5. The minimum atomic E-state index is 0. The Morgan fingerprint density at radius 2 is 1.33 bits per heavy atom. The van der Waals surface area contributed by atoms with Gasteiger partial charge in [-0.05, 0) is 0 Å². The van der Waals surface area contributed by atoms with E-state index < -0.39 is 0 Å². The number of hydrogen-bond acceptors (Lipinski definition) is 0. The van der Waals surface area contributed by atoms with E-state index in [4.69, 9.17) is 0 Å². The molecule has 27 heavy (non-hydrogen) atoms. The van der Waals surface area contributed by atoms with Crippen molar-refractivity contribution in [3.05, 3.63) is 110 Å². The van der Waals surface area contributed by atoms with Crippen LogP contribution in [0.1, 0.15) is 12.8 Å². The molecule has 1 nitrogen and oxygen atoms in total. The summed E-state index contributed by atoms with van der Waals surface area (Å²) in [7, 11) is 1.90. The Balaban J connectivity index is -0.000000127. The quantitative estimate of drug-likeness (QED) is 0.237. The van der Waals surface area contributed by atoms with Crippen molar-refractivity contribution in [3.8, 4) is 0 Å². The minimum absolute atomic E-state index is 0. The smallest absolute Gasteiger partial charge is 0.656 e. The largest absolute Gasteiger partial charge is 3.00 e. The van der Waals surface area contributed by atoms with E-state index >= 15 is 0 Å². The van der Waals surface area contributed by atoms with Crippen LogP contribution in [0.4, 0.5) is 0 Å². The van der Waals surface area contributed by atoms with Gasteiger partial charge in [-0.3, -0.25) is 12.2 Å². The number of rotatable bonds is 4.